The molecule has 0 radical (unpaired) electrons. The lowest BCUT2D eigenvalue weighted by molar-refractivity contribution is 0.264. The van der Waals surface area contributed by atoms with E-state index in [1.807, 2.05) is 41.1 Å². The van der Waals surface area contributed by atoms with Crippen LogP contribution in [0.4, 0.5) is 0 Å². The fourth-order valence-electron chi connectivity index (χ4n) is 2.56. The molecule has 7 nitrogen and oxygen atoms in total. The molecule has 0 saturated carbocycles. The molecule has 0 saturated heterocycles. The largest absolute Gasteiger partial charge is 0.490 e. The van der Waals surface area contributed by atoms with Crippen LogP contribution in [0.25, 0.3) is 11.8 Å². The van der Waals surface area contributed by atoms with Crippen molar-refractivity contribution in [3.63, 3.8) is 0 Å². The molecule has 2 rings (SSSR count). The maximum absolute atomic E-state index is 7.10. The molecule has 0 bridgehead atoms. The average Bonchev–Trinajstić information content (AvgIpc) is 3.06. The standard InChI is InChI=1S/C21H28BrN5O2/c1-3-5-13-29-20-18(9-6-10-19(20)28-12-4-2)27-15-16(22)14-17(27)8-7-11-25-26-21(23)24/h6-11,14-15H,3-5,12-13H2,1-2H3,(H4,23,24,26)/b8-7+,25-11+. The van der Waals surface area contributed by atoms with Crippen LogP contribution in [0.1, 0.15) is 38.8 Å². The topological polar surface area (TPSA) is 97.6 Å². The van der Waals surface area contributed by atoms with Crippen molar-refractivity contribution < 1.29 is 9.47 Å². The van der Waals surface area contributed by atoms with Gasteiger partial charge in [-0.2, -0.15) is 5.10 Å². The van der Waals surface area contributed by atoms with Crippen LogP contribution in [0, 0.1) is 5.41 Å². The van der Waals surface area contributed by atoms with Gasteiger partial charge in [0.25, 0.3) is 0 Å². The average molecular weight is 462 g/mol. The maximum Gasteiger partial charge on any atom is 0.206 e. The summed E-state index contributed by atoms with van der Waals surface area (Å²) < 4.78 is 15.0. The second-order valence-corrected chi connectivity index (χ2v) is 7.19. The molecule has 0 aliphatic carbocycles. The Balaban J connectivity index is 2.38. The molecule has 0 fully saturated rings. The van der Waals surface area contributed by atoms with Crippen molar-refractivity contribution >= 4 is 34.2 Å². The Morgan fingerprint density at radius 2 is 2.10 bits per heavy atom. The van der Waals surface area contributed by atoms with Crippen molar-refractivity contribution in [2.75, 3.05) is 13.2 Å². The van der Waals surface area contributed by atoms with Crippen molar-refractivity contribution in [3.8, 4) is 17.2 Å². The van der Waals surface area contributed by atoms with Crippen LogP contribution in [0.3, 0.4) is 0 Å². The zero-order valence-electron chi connectivity index (χ0n) is 16.8. The number of allylic oxidation sites excluding steroid dienone is 1. The number of hydrogen-bond donors (Lipinski definition) is 3. The van der Waals surface area contributed by atoms with Gasteiger partial charge in [0.1, 0.15) is 0 Å². The molecule has 0 spiro atoms. The summed E-state index contributed by atoms with van der Waals surface area (Å²) in [6.45, 7) is 5.48. The van der Waals surface area contributed by atoms with E-state index in [0.29, 0.717) is 13.2 Å². The third-order valence-corrected chi connectivity index (χ3v) is 4.29. The van der Waals surface area contributed by atoms with Gasteiger partial charge in [0.15, 0.2) is 11.5 Å². The monoisotopic (exact) mass is 461 g/mol. The van der Waals surface area contributed by atoms with Crippen LogP contribution >= 0.6 is 15.9 Å². The van der Waals surface area contributed by atoms with Gasteiger partial charge in [0.2, 0.25) is 5.96 Å². The molecule has 0 unspecified atom stereocenters. The van der Waals surface area contributed by atoms with Gasteiger partial charge >= 0.3 is 0 Å². The van der Waals surface area contributed by atoms with Crippen LogP contribution in [-0.2, 0) is 0 Å². The fraction of sp³-hybridized carbons (Fsp3) is 0.333. The number of guanidine groups is 1. The Kier molecular flexibility index (Phi) is 9.30. The molecule has 156 valence electrons. The summed E-state index contributed by atoms with van der Waals surface area (Å²) in [4.78, 5) is 0. The normalized spacial score (nSPS) is 11.3. The molecule has 0 atom stereocenters. The molecule has 1 heterocycles. The first-order valence-corrected chi connectivity index (χ1v) is 10.4. The highest BCUT2D eigenvalue weighted by molar-refractivity contribution is 9.10. The Labute approximate surface area is 180 Å². The number of benzene rings is 1. The van der Waals surface area contributed by atoms with Gasteiger partial charge in [-0.15, -0.1) is 0 Å². The second kappa shape index (κ2) is 12.0. The van der Waals surface area contributed by atoms with Gasteiger partial charge in [-0.1, -0.05) is 26.3 Å². The number of halogens is 1. The van der Waals surface area contributed by atoms with Gasteiger partial charge in [0, 0.05) is 22.6 Å². The van der Waals surface area contributed by atoms with Gasteiger partial charge in [-0.3, -0.25) is 5.41 Å². The number of hydrogen-bond acceptors (Lipinski definition) is 4. The Morgan fingerprint density at radius 3 is 2.83 bits per heavy atom. The maximum atomic E-state index is 7.10. The molecule has 1 aromatic heterocycles. The molecular weight excluding hydrogens is 434 g/mol. The highest BCUT2D eigenvalue weighted by Crippen LogP contribution is 2.36. The number of nitrogens with two attached hydrogens (primary N) is 1. The number of rotatable bonds is 11. The minimum atomic E-state index is -0.210. The van der Waals surface area contributed by atoms with E-state index < -0.39 is 0 Å². The van der Waals surface area contributed by atoms with E-state index >= 15 is 0 Å². The molecule has 29 heavy (non-hydrogen) atoms. The highest BCUT2D eigenvalue weighted by atomic mass is 79.9. The van der Waals surface area contributed by atoms with Gasteiger partial charge < -0.3 is 19.8 Å². The molecule has 0 amide bonds. The summed E-state index contributed by atoms with van der Waals surface area (Å²) in [6, 6.07) is 7.91. The summed E-state index contributed by atoms with van der Waals surface area (Å²) in [5.41, 5.74) is 9.41. The summed E-state index contributed by atoms with van der Waals surface area (Å²) in [5.74, 6) is 1.27. The zero-order chi connectivity index (χ0) is 21.1. The molecule has 4 N–H and O–H groups in total. The third-order valence-electron chi connectivity index (χ3n) is 3.85. The number of unbranched alkanes of at least 4 members (excludes halogenated alkanes) is 1. The zero-order valence-corrected chi connectivity index (χ0v) is 18.4. The summed E-state index contributed by atoms with van der Waals surface area (Å²) >= 11 is 3.55. The van der Waals surface area contributed by atoms with Crippen molar-refractivity contribution in [1.29, 1.82) is 5.41 Å². The van der Waals surface area contributed by atoms with Crippen LogP contribution in [-0.4, -0.2) is 30.0 Å². The predicted molar refractivity (Wildman–Crippen MR) is 122 cm³/mol. The highest BCUT2D eigenvalue weighted by Gasteiger charge is 2.15. The number of para-hydroxylation sites is 1. The lowest BCUT2D eigenvalue weighted by Crippen LogP contribution is -2.25. The predicted octanol–water partition coefficient (Wildman–Crippen LogP) is 4.69. The van der Waals surface area contributed by atoms with Gasteiger partial charge in [0.05, 0.1) is 18.9 Å². The first kappa shape index (κ1) is 22.5. The van der Waals surface area contributed by atoms with E-state index in [9.17, 15) is 0 Å². The summed E-state index contributed by atoms with van der Waals surface area (Å²) in [6.07, 6.45) is 10.2. The Bertz CT molecular complexity index is 861. The quantitative estimate of drug-likeness (QED) is 0.195. The van der Waals surface area contributed by atoms with Crippen LogP contribution in [0.15, 0.2) is 46.1 Å². The van der Waals surface area contributed by atoms with Crippen molar-refractivity contribution in [3.05, 3.63) is 46.7 Å². The number of hydrazone groups is 1. The van der Waals surface area contributed by atoms with E-state index in [-0.39, 0.29) is 5.96 Å². The number of ether oxygens (including phenoxy) is 2. The van der Waals surface area contributed by atoms with E-state index in [4.69, 9.17) is 20.6 Å². The summed E-state index contributed by atoms with van der Waals surface area (Å²) in [5, 5.41) is 10.9. The number of nitrogens with one attached hydrogen (secondary N) is 2. The Hall–Kier alpha value is -2.74. The number of nitrogens with zero attached hydrogens (tertiary/aromatic N) is 2. The SMILES string of the molecule is CCCCOc1c(OCCC)cccc1-n1cc(Br)cc1/C=C/C=N/NC(=N)N. The second-order valence-electron chi connectivity index (χ2n) is 6.27. The molecule has 2 aromatic rings. The lowest BCUT2D eigenvalue weighted by Gasteiger charge is -2.18. The van der Waals surface area contributed by atoms with Crippen molar-refractivity contribution in [1.82, 2.24) is 9.99 Å². The minimum Gasteiger partial charge on any atom is -0.490 e. The lowest BCUT2D eigenvalue weighted by atomic mass is 10.2. The van der Waals surface area contributed by atoms with E-state index in [1.165, 1.54) is 6.21 Å². The van der Waals surface area contributed by atoms with Crippen LogP contribution < -0.4 is 20.6 Å². The van der Waals surface area contributed by atoms with E-state index in [1.54, 1.807) is 6.08 Å². The Morgan fingerprint density at radius 1 is 1.28 bits per heavy atom. The first-order chi connectivity index (χ1) is 14.1. The number of aromatic nitrogens is 1. The van der Waals surface area contributed by atoms with Gasteiger partial charge in [-0.25, -0.2) is 5.43 Å². The van der Waals surface area contributed by atoms with Gasteiger partial charge in [-0.05, 0) is 59.1 Å². The molecule has 8 heteroatoms. The van der Waals surface area contributed by atoms with Crippen LogP contribution in [0.2, 0.25) is 0 Å². The van der Waals surface area contributed by atoms with Crippen molar-refractivity contribution in [2.24, 2.45) is 10.8 Å². The van der Waals surface area contributed by atoms with Crippen LogP contribution in [0.5, 0.6) is 11.5 Å². The third kappa shape index (κ3) is 6.98. The summed E-state index contributed by atoms with van der Waals surface area (Å²) in [7, 11) is 0. The van der Waals surface area contributed by atoms with E-state index in [2.05, 4.69) is 40.3 Å². The molecule has 1 aromatic carbocycles. The molecule has 0 aliphatic heterocycles. The fourth-order valence-corrected chi connectivity index (χ4v) is 3.00. The molecular formula is C21H28BrN5O2. The molecule has 0 aliphatic rings. The van der Waals surface area contributed by atoms with Crippen molar-refractivity contribution in [2.45, 2.75) is 33.1 Å². The minimum absolute atomic E-state index is 0.210. The smallest absolute Gasteiger partial charge is 0.206 e. The first-order valence-electron chi connectivity index (χ1n) is 9.63. The van der Waals surface area contributed by atoms with E-state index in [0.717, 1.165) is 46.6 Å².